The summed E-state index contributed by atoms with van der Waals surface area (Å²) in [5.74, 6) is 1.79. The van der Waals surface area contributed by atoms with Crippen molar-refractivity contribution >= 4 is 44.9 Å². The molecule has 0 aliphatic heterocycles. The van der Waals surface area contributed by atoms with Crippen LogP contribution in [0.2, 0.25) is 0 Å². The highest BCUT2D eigenvalue weighted by molar-refractivity contribution is 8.01. The lowest BCUT2D eigenvalue weighted by atomic mass is 10.3. The molecule has 5 heteroatoms. The van der Waals surface area contributed by atoms with Gasteiger partial charge < -0.3 is 5.11 Å². The first-order chi connectivity index (χ1) is 6.79. The lowest BCUT2D eigenvalue weighted by molar-refractivity contribution is 0.476. The maximum absolute atomic E-state index is 9.27. The quantitative estimate of drug-likeness (QED) is 0.665. The monoisotopic (exact) mass is 245 g/mol. The third-order valence-corrected chi connectivity index (χ3v) is 4.23. The van der Waals surface area contributed by atoms with E-state index in [0.717, 1.165) is 20.3 Å². The van der Waals surface area contributed by atoms with Gasteiger partial charge in [-0.3, -0.25) is 0 Å². The van der Waals surface area contributed by atoms with Crippen LogP contribution >= 0.6 is 34.7 Å². The van der Waals surface area contributed by atoms with Gasteiger partial charge in [-0.2, -0.15) is 0 Å². The summed E-state index contributed by atoms with van der Waals surface area (Å²) in [5.41, 5.74) is 0.935. The Morgan fingerprint density at radius 3 is 3.14 bits per heavy atom. The highest BCUT2D eigenvalue weighted by Crippen LogP contribution is 2.31. The Kier molecular flexibility index (Phi) is 3.15. The highest BCUT2D eigenvalue weighted by Gasteiger charge is 2.04. The van der Waals surface area contributed by atoms with E-state index in [4.69, 9.17) is 11.6 Å². The predicted octanol–water partition coefficient (Wildman–Crippen LogP) is 3.33. The van der Waals surface area contributed by atoms with Crippen molar-refractivity contribution in [3.8, 4) is 5.75 Å². The van der Waals surface area contributed by atoms with Crippen molar-refractivity contribution in [2.24, 2.45) is 0 Å². The van der Waals surface area contributed by atoms with Crippen LogP contribution < -0.4 is 0 Å². The van der Waals surface area contributed by atoms with E-state index in [-0.39, 0.29) is 5.75 Å². The van der Waals surface area contributed by atoms with Crippen molar-refractivity contribution < 1.29 is 5.11 Å². The molecule has 2 nitrogen and oxygen atoms in total. The molecule has 0 radical (unpaired) electrons. The molecule has 0 saturated heterocycles. The molecule has 74 valence electrons. The second-order valence-corrected chi connectivity index (χ2v) is 5.42. The number of hydrogen-bond donors (Lipinski definition) is 1. The maximum Gasteiger partial charge on any atom is 0.151 e. The Morgan fingerprint density at radius 1 is 1.50 bits per heavy atom. The molecule has 0 fully saturated rings. The van der Waals surface area contributed by atoms with E-state index in [1.807, 2.05) is 6.07 Å². The molecule has 14 heavy (non-hydrogen) atoms. The number of halogens is 1. The number of phenols is 1. The minimum Gasteiger partial charge on any atom is -0.508 e. The number of nitrogens with zero attached hydrogens (tertiary/aromatic N) is 1. The molecule has 1 aromatic carbocycles. The van der Waals surface area contributed by atoms with Gasteiger partial charge in [0.05, 0.1) is 10.2 Å². The van der Waals surface area contributed by atoms with Crippen LogP contribution in [0, 0.1) is 0 Å². The van der Waals surface area contributed by atoms with Crippen molar-refractivity contribution in [2.45, 2.75) is 4.34 Å². The molecule has 1 heterocycles. The zero-order chi connectivity index (χ0) is 9.97. The molecule has 0 aliphatic rings. The second-order valence-electron chi connectivity index (χ2n) is 2.67. The number of hydrogen-bond acceptors (Lipinski definition) is 4. The summed E-state index contributed by atoms with van der Waals surface area (Å²) < 4.78 is 2.02. The number of phenolic OH excluding ortho intramolecular Hbond substituents is 1. The number of benzene rings is 1. The van der Waals surface area contributed by atoms with Gasteiger partial charge in [-0.25, -0.2) is 4.98 Å². The Labute approximate surface area is 94.9 Å². The summed E-state index contributed by atoms with van der Waals surface area (Å²) >= 11 is 8.82. The third kappa shape index (κ3) is 2.13. The van der Waals surface area contributed by atoms with Gasteiger partial charge in [0, 0.05) is 11.6 Å². The number of aromatic hydroxyl groups is 1. The second kappa shape index (κ2) is 4.38. The van der Waals surface area contributed by atoms with Gasteiger partial charge in [-0.1, -0.05) is 11.8 Å². The van der Waals surface area contributed by atoms with E-state index >= 15 is 0 Å². The van der Waals surface area contributed by atoms with E-state index < -0.39 is 0 Å². The minimum atomic E-state index is 0.287. The Balaban J connectivity index is 2.32. The number of rotatable bonds is 3. The van der Waals surface area contributed by atoms with Crippen LogP contribution in [0.4, 0.5) is 0 Å². The summed E-state index contributed by atoms with van der Waals surface area (Å²) in [4.78, 5) is 4.40. The lowest BCUT2D eigenvalue weighted by Crippen LogP contribution is -1.77. The molecule has 1 aromatic heterocycles. The van der Waals surface area contributed by atoms with Gasteiger partial charge in [0.15, 0.2) is 4.34 Å². The van der Waals surface area contributed by atoms with E-state index in [1.165, 1.54) is 0 Å². The molecule has 2 rings (SSSR count). The van der Waals surface area contributed by atoms with E-state index in [9.17, 15) is 5.11 Å². The molecule has 0 spiro atoms. The average molecular weight is 246 g/mol. The molecule has 0 saturated carbocycles. The van der Waals surface area contributed by atoms with E-state index in [2.05, 4.69) is 4.98 Å². The Morgan fingerprint density at radius 2 is 2.36 bits per heavy atom. The van der Waals surface area contributed by atoms with Gasteiger partial charge in [0.2, 0.25) is 0 Å². The Bertz CT molecular complexity index is 443. The molecular weight excluding hydrogens is 238 g/mol. The van der Waals surface area contributed by atoms with Crippen LogP contribution in [-0.2, 0) is 0 Å². The average Bonchev–Trinajstić information content (AvgIpc) is 2.56. The number of fused-ring (bicyclic) bond motifs is 1. The molecule has 0 aliphatic carbocycles. The van der Waals surface area contributed by atoms with Crippen LogP contribution in [0.15, 0.2) is 22.5 Å². The molecule has 0 amide bonds. The number of alkyl halides is 1. The number of aromatic nitrogens is 1. The fourth-order valence-corrected chi connectivity index (χ4v) is 3.21. The van der Waals surface area contributed by atoms with Gasteiger partial charge in [0.25, 0.3) is 0 Å². The van der Waals surface area contributed by atoms with Crippen LogP contribution in [0.3, 0.4) is 0 Å². The fraction of sp³-hybridized carbons (Fsp3) is 0.222. The zero-order valence-corrected chi connectivity index (χ0v) is 9.62. The van der Waals surface area contributed by atoms with Crippen LogP contribution in [0.1, 0.15) is 0 Å². The summed E-state index contributed by atoms with van der Waals surface area (Å²) in [7, 11) is 0. The summed E-state index contributed by atoms with van der Waals surface area (Å²) in [6.07, 6.45) is 0. The fourth-order valence-electron chi connectivity index (χ4n) is 1.08. The molecular formula is C9H8ClNOS2. The van der Waals surface area contributed by atoms with Crippen LogP contribution in [0.25, 0.3) is 10.2 Å². The SMILES string of the molecule is Oc1ccc2nc(SCCCl)sc2c1. The Hall–Kier alpha value is -0.450. The van der Waals surface area contributed by atoms with Crippen molar-refractivity contribution in [3.05, 3.63) is 18.2 Å². The van der Waals surface area contributed by atoms with Crippen molar-refractivity contribution in [1.29, 1.82) is 0 Å². The number of thiazole rings is 1. The summed E-state index contributed by atoms with van der Waals surface area (Å²) in [6, 6.07) is 5.21. The minimum absolute atomic E-state index is 0.287. The maximum atomic E-state index is 9.27. The van der Waals surface area contributed by atoms with Crippen LogP contribution in [0.5, 0.6) is 5.75 Å². The van der Waals surface area contributed by atoms with Crippen molar-refractivity contribution in [3.63, 3.8) is 0 Å². The zero-order valence-electron chi connectivity index (χ0n) is 7.24. The predicted molar refractivity (Wildman–Crippen MR) is 62.7 cm³/mol. The molecule has 0 bridgehead atoms. The van der Waals surface area contributed by atoms with Gasteiger partial charge in [-0.15, -0.1) is 22.9 Å². The lowest BCUT2D eigenvalue weighted by Gasteiger charge is -1.88. The summed E-state index contributed by atoms with van der Waals surface area (Å²) in [6.45, 7) is 0. The van der Waals surface area contributed by atoms with Crippen molar-refractivity contribution in [1.82, 2.24) is 4.98 Å². The van der Waals surface area contributed by atoms with E-state index in [1.54, 1.807) is 35.2 Å². The first-order valence-electron chi connectivity index (χ1n) is 4.08. The molecule has 1 N–H and O–H groups in total. The van der Waals surface area contributed by atoms with Gasteiger partial charge in [0.1, 0.15) is 5.75 Å². The normalized spacial score (nSPS) is 10.9. The molecule has 2 aromatic rings. The first kappa shape index (κ1) is 10.1. The molecule has 0 atom stereocenters. The summed E-state index contributed by atoms with van der Waals surface area (Å²) in [5, 5.41) is 9.27. The first-order valence-corrected chi connectivity index (χ1v) is 6.41. The highest BCUT2D eigenvalue weighted by atomic mass is 35.5. The topological polar surface area (TPSA) is 33.1 Å². The largest absolute Gasteiger partial charge is 0.508 e. The molecule has 0 unspecified atom stereocenters. The van der Waals surface area contributed by atoms with Gasteiger partial charge in [-0.05, 0) is 18.2 Å². The smallest absolute Gasteiger partial charge is 0.151 e. The van der Waals surface area contributed by atoms with Gasteiger partial charge >= 0.3 is 0 Å². The number of thioether (sulfide) groups is 1. The van der Waals surface area contributed by atoms with Crippen LogP contribution in [-0.4, -0.2) is 21.7 Å². The standard InChI is InChI=1S/C9H8ClNOS2/c10-3-4-13-9-11-7-2-1-6(12)5-8(7)14-9/h1-2,5,12H,3-4H2. The van der Waals surface area contributed by atoms with E-state index in [0.29, 0.717) is 5.88 Å². The third-order valence-electron chi connectivity index (χ3n) is 1.66. The van der Waals surface area contributed by atoms with Crippen molar-refractivity contribution in [2.75, 3.05) is 11.6 Å².